The molecule has 0 aromatic carbocycles. The van der Waals surface area contributed by atoms with Gasteiger partial charge < -0.3 is 15.2 Å². The topological polar surface area (TPSA) is 65.2 Å². The van der Waals surface area contributed by atoms with Crippen molar-refractivity contribution in [3.05, 3.63) is 34.2 Å². The van der Waals surface area contributed by atoms with Crippen LogP contribution in [0.1, 0.15) is 43.0 Å². The lowest BCUT2D eigenvalue weighted by atomic mass is 10.0. The van der Waals surface area contributed by atoms with E-state index in [-0.39, 0.29) is 11.5 Å². The van der Waals surface area contributed by atoms with Crippen molar-refractivity contribution < 1.29 is 4.79 Å². The number of hydrogen-bond acceptors (Lipinski definition) is 3. The molecule has 0 bridgehead atoms. The summed E-state index contributed by atoms with van der Waals surface area (Å²) in [6.45, 7) is 4.60. The number of nitrogens with one attached hydrogen (secondary N) is 2. The van der Waals surface area contributed by atoms with Crippen molar-refractivity contribution in [2.75, 3.05) is 19.6 Å². The Morgan fingerprint density at radius 2 is 2.25 bits per heavy atom. The lowest BCUT2D eigenvalue weighted by Crippen LogP contribution is -2.46. The number of carbonyl (C=O) groups is 1. The molecule has 2 rings (SSSR count). The zero-order valence-electron chi connectivity index (χ0n) is 12.0. The van der Waals surface area contributed by atoms with Gasteiger partial charge in [0.1, 0.15) is 0 Å². The van der Waals surface area contributed by atoms with Crippen LogP contribution in [-0.2, 0) is 0 Å². The van der Waals surface area contributed by atoms with E-state index in [0.717, 1.165) is 32.5 Å². The highest BCUT2D eigenvalue weighted by molar-refractivity contribution is 5.93. The van der Waals surface area contributed by atoms with E-state index in [2.05, 4.69) is 17.2 Å². The highest BCUT2D eigenvalue weighted by atomic mass is 16.2. The molecule has 1 atom stereocenters. The zero-order valence-corrected chi connectivity index (χ0v) is 12.0. The molecule has 1 aromatic heterocycles. The van der Waals surface area contributed by atoms with Crippen LogP contribution in [0, 0.1) is 0 Å². The second-order valence-corrected chi connectivity index (χ2v) is 5.34. The average Bonchev–Trinajstić information content (AvgIpc) is 2.48. The Kier molecular flexibility index (Phi) is 5.35. The van der Waals surface area contributed by atoms with Crippen molar-refractivity contribution in [1.29, 1.82) is 0 Å². The molecule has 1 saturated heterocycles. The number of pyridine rings is 1. The van der Waals surface area contributed by atoms with Crippen LogP contribution >= 0.6 is 0 Å². The van der Waals surface area contributed by atoms with Gasteiger partial charge in [-0.25, -0.2) is 0 Å². The summed E-state index contributed by atoms with van der Waals surface area (Å²) in [5, 5.41) is 3.47. The predicted molar refractivity (Wildman–Crippen MR) is 78.9 cm³/mol. The number of carbonyl (C=O) groups excluding carboxylic acids is 1. The normalized spacial score (nSPS) is 18.8. The maximum Gasteiger partial charge on any atom is 0.255 e. The molecule has 2 heterocycles. The van der Waals surface area contributed by atoms with Crippen molar-refractivity contribution in [3.63, 3.8) is 0 Å². The summed E-state index contributed by atoms with van der Waals surface area (Å²) in [6.07, 6.45) is 6.01. The van der Waals surface area contributed by atoms with Crippen LogP contribution in [0.3, 0.4) is 0 Å². The quantitative estimate of drug-likeness (QED) is 0.854. The number of piperidine rings is 1. The van der Waals surface area contributed by atoms with E-state index in [0.29, 0.717) is 11.6 Å². The summed E-state index contributed by atoms with van der Waals surface area (Å²) in [5.74, 6) is -0.00419. The zero-order chi connectivity index (χ0) is 14.4. The molecule has 5 heteroatoms. The number of hydrogen-bond donors (Lipinski definition) is 2. The molecular weight excluding hydrogens is 254 g/mol. The number of H-pyrrole nitrogens is 1. The van der Waals surface area contributed by atoms with Gasteiger partial charge in [-0.3, -0.25) is 9.59 Å². The van der Waals surface area contributed by atoms with Gasteiger partial charge in [0.15, 0.2) is 0 Å². The number of aromatic nitrogens is 1. The monoisotopic (exact) mass is 277 g/mol. The largest absolute Gasteiger partial charge is 0.337 e. The number of nitrogens with zero attached hydrogens (tertiary/aromatic N) is 1. The second-order valence-electron chi connectivity index (χ2n) is 5.34. The fourth-order valence-electron chi connectivity index (χ4n) is 2.62. The van der Waals surface area contributed by atoms with Crippen LogP contribution in [-0.4, -0.2) is 41.5 Å². The van der Waals surface area contributed by atoms with Gasteiger partial charge in [-0.15, -0.1) is 0 Å². The highest BCUT2D eigenvalue weighted by Crippen LogP contribution is 2.11. The predicted octanol–water partition coefficient (Wildman–Crippen LogP) is 1.37. The van der Waals surface area contributed by atoms with Gasteiger partial charge in [0.05, 0.1) is 5.56 Å². The Morgan fingerprint density at radius 1 is 1.40 bits per heavy atom. The standard InChI is InChI=1S/C15H23N3O2/c1-2-9-18(11-13-5-3-4-8-16-13)15(20)12-6-7-14(19)17-10-12/h6-7,10,13,16H,2-5,8-9,11H2,1H3,(H,17,19). The molecule has 5 nitrogen and oxygen atoms in total. The van der Waals surface area contributed by atoms with E-state index in [1.165, 1.54) is 25.1 Å². The summed E-state index contributed by atoms with van der Waals surface area (Å²) < 4.78 is 0. The minimum absolute atomic E-state index is 0.00419. The Labute approximate surface area is 119 Å². The van der Waals surface area contributed by atoms with Gasteiger partial charge in [0.2, 0.25) is 5.56 Å². The molecule has 1 aliphatic rings. The Bertz CT molecular complexity index is 472. The Balaban J connectivity index is 2.04. The van der Waals surface area contributed by atoms with E-state index in [4.69, 9.17) is 0 Å². The molecule has 1 aromatic rings. The molecule has 1 amide bonds. The van der Waals surface area contributed by atoms with E-state index in [9.17, 15) is 9.59 Å². The Hall–Kier alpha value is -1.62. The van der Waals surface area contributed by atoms with Crippen LogP contribution < -0.4 is 10.9 Å². The maximum absolute atomic E-state index is 12.5. The minimum atomic E-state index is -0.183. The van der Waals surface area contributed by atoms with E-state index < -0.39 is 0 Å². The molecule has 1 unspecified atom stereocenters. The van der Waals surface area contributed by atoms with Crippen molar-refractivity contribution >= 4 is 5.91 Å². The third-order valence-electron chi connectivity index (χ3n) is 3.67. The lowest BCUT2D eigenvalue weighted by molar-refractivity contribution is 0.0731. The third-order valence-corrected chi connectivity index (χ3v) is 3.67. The molecule has 20 heavy (non-hydrogen) atoms. The van der Waals surface area contributed by atoms with Crippen LogP contribution in [0.2, 0.25) is 0 Å². The maximum atomic E-state index is 12.5. The highest BCUT2D eigenvalue weighted by Gasteiger charge is 2.21. The SMILES string of the molecule is CCCN(CC1CCCCN1)C(=O)c1ccc(=O)[nH]c1. The first-order valence-electron chi connectivity index (χ1n) is 7.42. The number of aromatic amines is 1. The van der Waals surface area contributed by atoms with Gasteiger partial charge in [-0.2, -0.15) is 0 Å². The van der Waals surface area contributed by atoms with Gasteiger partial charge in [-0.1, -0.05) is 13.3 Å². The lowest BCUT2D eigenvalue weighted by Gasteiger charge is -2.30. The summed E-state index contributed by atoms with van der Waals surface area (Å²) >= 11 is 0. The summed E-state index contributed by atoms with van der Waals surface area (Å²) in [4.78, 5) is 28.0. The van der Waals surface area contributed by atoms with Crippen molar-refractivity contribution in [1.82, 2.24) is 15.2 Å². The van der Waals surface area contributed by atoms with E-state index >= 15 is 0 Å². The molecule has 2 N–H and O–H groups in total. The molecule has 1 fully saturated rings. The van der Waals surface area contributed by atoms with Crippen molar-refractivity contribution in [2.24, 2.45) is 0 Å². The minimum Gasteiger partial charge on any atom is -0.337 e. The van der Waals surface area contributed by atoms with E-state index in [1.807, 2.05) is 4.90 Å². The second kappa shape index (κ2) is 7.24. The first-order valence-corrected chi connectivity index (χ1v) is 7.42. The average molecular weight is 277 g/mol. The number of amides is 1. The molecule has 1 aliphatic heterocycles. The van der Waals surface area contributed by atoms with Crippen LogP contribution in [0.25, 0.3) is 0 Å². The van der Waals surface area contributed by atoms with Crippen LogP contribution in [0.4, 0.5) is 0 Å². The molecule has 0 radical (unpaired) electrons. The van der Waals surface area contributed by atoms with Gasteiger partial charge >= 0.3 is 0 Å². The third kappa shape index (κ3) is 3.93. The van der Waals surface area contributed by atoms with Gasteiger partial charge in [0.25, 0.3) is 5.91 Å². The smallest absolute Gasteiger partial charge is 0.255 e. The van der Waals surface area contributed by atoms with Crippen molar-refractivity contribution in [2.45, 2.75) is 38.6 Å². The van der Waals surface area contributed by atoms with Crippen LogP contribution in [0.15, 0.2) is 23.1 Å². The van der Waals surface area contributed by atoms with E-state index in [1.54, 1.807) is 6.07 Å². The molecule has 0 saturated carbocycles. The molecule has 0 aliphatic carbocycles. The van der Waals surface area contributed by atoms with Crippen LogP contribution in [0.5, 0.6) is 0 Å². The summed E-state index contributed by atoms with van der Waals surface area (Å²) in [5.41, 5.74) is 0.367. The fourth-order valence-corrected chi connectivity index (χ4v) is 2.62. The number of rotatable bonds is 5. The molecule has 0 spiro atoms. The van der Waals surface area contributed by atoms with Gasteiger partial charge in [-0.05, 0) is 31.9 Å². The Morgan fingerprint density at radius 3 is 2.85 bits per heavy atom. The fraction of sp³-hybridized carbons (Fsp3) is 0.600. The molecule has 110 valence electrons. The van der Waals surface area contributed by atoms with Crippen molar-refractivity contribution in [3.8, 4) is 0 Å². The van der Waals surface area contributed by atoms with Gasteiger partial charge in [0, 0.05) is 31.4 Å². The summed E-state index contributed by atoms with van der Waals surface area (Å²) in [6, 6.07) is 3.39. The summed E-state index contributed by atoms with van der Waals surface area (Å²) in [7, 11) is 0. The first kappa shape index (κ1) is 14.8. The molecular formula is C15H23N3O2. The first-order chi connectivity index (χ1) is 9.70.